The second-order valence-electron chi connectivity index (χ2n) is 3.19. The van der Waals surface area contributed by atoms with Crippen LogP contribution in [0.3, 0.4) is 0 Å². The predicted molar refractivity (Wildman–Crippen MR) is 50.7 cm³/mol. The molecule has 0 aliphatic carbocycles. The molecule has 0 aliphatic heterocycles. The molecule has 86 valence electrons. The fourth-order valence-electron chi connectivity index (χ4n) is 1.11. The molecule has 0 fully saturated rings. The minimum absolute atomic E-state index is 0.254. The smallest absolute Gasteiger partial charge is 0.481 e. The van der Waals surface area contributed by atoms with Crippen molar-refractivity contribution in [2.75, 3.05) is 12.7 Å². The predicted octanol–water partition coefficient (Wildman–Crippen LogP) is -0.384. The third-order valence-electron chi connectivity index (χ3n) is 2.10. The summed E-state index contributed by atoms with van der Waals surface area (Å²) < 4.78 is 10.6. The van der Waals surface area contributed by atoms with E-state index in [0.717, 1.165) is 0 Å². The first-order valence-electron chi connectivity index (χ1n) is 4.13. The Morgan fingerprint density at radius 2 is 1.87 bits per heavy atom. The van der Waals surface area contributed by atoms with Crippen molar-refractivity contribution in [3.63, 3.8) is 0 Å². The van der Waals surface area contributed by atoms with Crippen molar-refractivity contribution >= 4 is 20.0 Å². The van der Waals surface area contributed by atoms with E-state index in [1.807, 2.05) is 0 Å². The number of carbonyl (C=O) groups is 2. The van der Waals surface area contributed by atoms with E-state index >= 15 is 0 Å². The SMILES string of the molecule is NCC(CCC(=O)O)(C[P+](=O)O)C(=O)O. The van der Waals surface area contributed by atoms with E-state index in [4.69, 9.17) is 20.8 Å². The maximum atomic E-state index is 10.9. The Morgan fingerprint density at radius 1 is 1.33 bits per heavy atom. The van der Waals surface area contributed by atoms with Crippen molar-refractivity contribution < 1.29 is 29.3 Å². The number of carboxylic acids is 2. The molecule has 0 aromatic heterocycles. The highest BCUT2D eigenvalue weighted by Crippen LogP contribution is 2.32. The third-order valence-corrected chi connectivity index (χ3v) is 2.98. The number of nitrogens with two attached hydrogens (primary N) is 1. The van der Waals surface area contributed by atoms with Gasteiger partial charge in [-0.1, -0.05) is 0 Å². The Labute approximate surface area is 86.8 Å². The van der Waals surface area contributed by atoms with E-state index in [1.54, 1.807) is 0 Å². The molecule has 2 atom stereocenters. The molecule has 8 heteroatoms. The van der Waals surface area contributed by atoms with Gasteiger partial charge in [0.15, 0.2) is 6.16 Å². The van der Waals surface area contributed by atoms with Crippen molar-refractivity contribution in [1.82, 2.24) is 0 Å². The summed E-state index contributed by atoms with van der Waals surface area (Å²) in [5.74, 6) is -2.51. The van der Waals surface area contributed by atoms with E-state index in [9.17, 15) is 14.2 Å². The summed E-state index contributed by atoms with van der Waals surface area (Å²) in [5, 5.41) is 17.3. The van der Waals surface area contributed by atoms with Gasteiger partial charge in [0.25, 0.3) is 0 Å². The first kappa shape index (κ1) is 14.0. The fourth-order valence-corrected chi connectivity index (χ4v) is 2.05. The van der Waals surface area contributed by atoms with E-state index in [-0.39, 0.29) is 13.0 Å². The van der Waals surface area contributed by atoms with Gasteiger partial charge in [0.1, 0.15) is 5.41 Å². The zero-order valence-electron chi connectivity index (χ0n) is 7.92. The van der Waals surface area contributed by atoms with Gasteiger partial charge in [0.2, 0.25) is 0 Å². The first-order valence-corrected chi connectivity index (χ1v) is 5.52. The maximum absolute atomic E-state index is 10.9. The molecule has 0 spiro atoms. The van der Waals surface area contributed by atoms with Crippen molar-refractivity contribution in [2.45, 2.75) is 12.8 Å². The Kier molecular flexibility index (Phi) is 5.35. The number of hydrogen-bond donors (Lipinski definition) is 4. The molecular weight excluding hydrogens is 225 g/mol. The van der Waals surface area contributed by atoms with Gasteiger partial charge in [-0.15, -0.1) is 0 Å². The fraction of sp³-hybridized carbons (Fsp3) is 0.714. The zero-order chi connectivity index (χ0) is 12.1. The average molecular weight is 238 g/mol. The monoisotopic (exact) mass is 238 g/mol. The molecule has 0 aromatic carbocycles. The summed E-state index contributed by atoms with van der Waals surface area (Å²) in [6.07, 6.45) is -1.18. The van der Waals surface area contributed by atoms with Gasteiger partial charge in [-0.3, -0.25) is 9.59 Å². The lowest BCUT2D eigenvalue weighted by atomic mass is 9.85. The molecule has 2 unspecified atom stereocenters. The molecule has 15 heavy (non-hydrogen) atoms. The van der Waals surface area contributed by atoms with E-state index in [1.165, 1.54) is 0 Å². The normalized spacial score (nSPS) is 15.5. The van der Waals surface area contributed by atoms with Crippen LogP contribution in [0.2, 0.25) is 0 Å². The van der Waals surface area contributed by atoms with Gasteiger partial charge in [-0.2, -0.15) is 4.89 Å². The lowest BCUT2D eigenvalue weighted by Gasteiger charge is -2.21. The number of rotatable bonds is 7. The lowest BCUT2D eigenvalue weighted by molar-refractivity contribution is -0.148. The summed E-state index contributed by atoms with van der Waals surface area (Å²) >= 11 is 0. The molecule has 0 saturated carbocycles. The van der Waals surface area contributed by atoms with Crippen LogP contribution in [0.25, 0.3) is 0 Å². The van der Waals surface area contributed by atoms with Crippen molar-refractivity contribution in [3.05, 3.63) is 0 Å². The van der Waals surface area contributed by atoms with Gasteiger partial charge >= 0.3 is 20.0 Å². The minimum Gasteiger partial charge on any atom is -0.481 e. The quantitative estimate of drug-likeness (QED) is 0.443. The lowest BCUT2D eigenvalue weighted by Crippen LogP contribution is -2.41. The van der Waals surface area contributed by atoms with Crippen molar-refractivity contribution in [3.8, 4) is 0 Å². The van der Waals surface area contributed by atoms with Crippen LogP contribution in [0.5, 0.6) is 0 Å². The van der Waals surface area contributed by atoms with Crippen LogP contribution in [0, 0.1) is 5.41 Å². The van der Waals surface area contributed by atoms with E-state index in [0.29, 0.717) is 0 Å². The molecule has 0 aromatic rings. The second-order valence-corrected chi connectivity index (χ2v) is 4.21. The molecule has 0 aliphatic rings. The Balaban J connectivity index is 4.72. The first-order chi connectivity index (χ1) is 6.84. The van der Waals surface area contributed by atoms with Gasteiger partial charge in [0.05, 0.1) is 0 Å². The number of aliphatic carboxylic acids is 2. The van der Waals surface area contributed by atoms with Gasteiger partial charge < -0.3 is 15.9 Å². The van der Waals surface area contributed by atoms with Crippen LogP contribution in [0.15, 0.2) is 0 Å². The van der Waals surface area contributed by atoms with Crippen molar-refractivity contribution in [2.24, 2.45) is 11.1 Å². The highest BCUT2D eigenvalue weighted by atomic mass is 31.1. The van der Waals surface area contributed by atoms with Crippen LogP contribution in [-0.4, -0.2) is 39.8 Å². The molecular formula is C7H13NO6P+. The third kappa shape index (κ3) is 4.33. The maximum Gasteiger partial charge on any atom is 0.506 e. The average Bonchev–Trinajstić information content (AvgIpc) is 2.11. The topological polar surface area (TPSA) is 138 Å². The molecule has 0 amide bonds. The van der Waals surface area contributed by atoms with E-state index in [2.05, 4.69) is 0 Å². The van der Waals surface area contributed by atoms with Gasteiger partial charge in [-0.25, -0.2) is 0 Å². The number of carboxylic acid groups (broad SMARTS) is 2. The minimum atomic E-state index is -2.66. The van der Waals surface area contributed by atoms with Crippen LogP contribution in [-0.2, 0) is 14.2 Å². The molecule has 7 nitrogen and oxygen atoms in total. The standard InChI is InChI=1S/C7H12NO6P/c8-3-7(6(11)12,4-15(13)14)2-1-5(9)10/h1-4,8H2,(H2-,9,10,11,12,13,14)/p+1. The highest BCUT2D eigenvalue weighted by molar-refractivity contribution is 7.38. The molecule has 5 N–H and O–H groups in total. The molecule has 0 heterocycles. The van der Waals surface area contributed by atoms with Crippen LogP contribution in [0.4, 0.5) is 0 Å². The second kappa shape index (κ2) is 5.75. The zero-order valence-corrected chi connectivity index (χ0v) is 8.81. The van der Waals surface area contributed by atoms with Crippen LogP contribution < -0.4 is 5.73 Å². The summed E-state index contributed by atoms with van der Waals surface area (Å²) in [4.78, 5) is 29.9. The van der Waals surface area contributed by atoms with Gasteiger partial charge in [0, 0.05) is 13.0 Å². The summed E-state index contributed by atoms with van der Waals surface area (Å²) in [6.45, 7) is -0.364. The van der Waals surface area contributed by atoms with Crippen LogP contribution in [0.1, 0.15) is 12.8 Å². The van der Waals surface area contributed by atoms with Crippen LogP contribution >= 0.6 is 8.03 Å². The summed E-state index contributed by atoms with van der Waals surface area (Å²) in [5.41, 5.74) is 3.61. The largest absolute Gasteiger partial charge is 0.506 e. The number of hydrogen-bond acceptors (Lipinski definition) is 4. The molecule has 0 bridgehead atoms. The highest BCUT2D eigenvalue weighted by Gasteiger charge is 2.44. The summed E-state index contributed by atoms with van der Waals surface area (Å²) in [7, 11) is -2.66. The Morgan fingerprint density at radius 3 is 2.13 bits per heavy atom. The Bertz CT molecular complexity index is 281. The summed E-state index contributed by atoms with van der Waals surface area (Å²) in [6, 6.07) is 0. The molecule has 0 saturated heterocycles. The Hall–Kier alpha value is -1.04. The molecule has 0 rings (SSSR count). The molecule has 0 radical (unpaired) electrons. The van der Waals surface area contributed by atoms with E-state index < -0.39 is 38.0 Å². The van der Waals surface area contributed by atoms with Gasteiger partial charge in [-0.05, 0) is 11.0 Å². The van der Waals surface area contributed by atoms with Crippen molar-refractivity contribution in [1.29, 1.82) is 0 Å².